The van der Waals surface area contributed by atoms with E-state index in [9.17, 15) is 4.79 Å². The molecule has 0 amide bonds. The summed E-state index contributed by atoms with van der Waals surface area (Å²) in [6, 6.07) is 10.7. The lowest BCUT2D eigenvalue weighted by molar-refractivity contribution is 0.0697. The predicted octanol–water partition coefficient (Wildman–Crippen LogP) is 5.55. The van der Waals surface area contributed by atoms with Gasteiger partial charge >= 0.3 is 5.97 Å². The SMILES string of the molecule is CC=Cc1ccc(-c2nc(C)c(CC)c(Nc3ccc(C(=O)O)cc3)n2)s1. The van der Waals surface area contributed by atoms with Crippen LogP contribution in [0, 0.1) is 6.92 Å². The van der Waals surface area contributed by atoms with Crippen molar-refractivity contribution >= 4 is 34.9 Å². The second-order valence-corrected chi connectivity index (χ2v) is 7.14. The van der Waals surface area contributed by atoms with Gasteiger partial charge in [-0.15, -0.1) is 11.3 Å². The number of anilines is 2. The van der Waals surface area contributed by atoms with Gasteiger partial charge in [0, 0.05) is 21.8 Å². The molecule has 2 aromatic heterocycles. The van der Waals surface area contributed by atoms with Crippen LogP contribution in [0.4, 0.5) is 11.5 Å². The van der Waals surface area contributed by atoms with Crippen LogP contribution in [-0.4, -0.2) is 21.0 Å². The summed E-state index contributed by atoms with van der Waals surface area (Å²) in [6.07, 6.45) is 4.87. The number of aryl methyl sites for hydroxylation is 1. The lowest BCUT2D eigenvalue weighted by Gasteiger charge is -2.13. The molecule has 0 fully saturated rings. The highest BCUT2D eigenvalue weighted by Crippen LogP contribution is 2.30. The molecule has 6 heteroatoms. The van der Waals surface area contributed by atoms with Crippen molar-refractivity contribution in [2.24, 2.45) is 0 Å². The largest absolute Gasteiger partial charge is 0.478 e. The second kappa shape index (κ2) is 8.14. The van der Waals surface area contributed by atoms with E-state index in [1.165, 1.54) is 0 Å². The average Bonchev–Trinajstić information content (AvgIpc) is 3.11. The zero-order valence-corrected chi connectivity index (χ0v) is 16.3. The first-order valence-electron chi connectivity index (χ1n) is 8.72. The lowest BCUT2D eigenvalue weighted by atomic mass is 10.1. The topological polar surface area (TPSA) is 75.1 Å². The minimum Gasteiger partial charge on any atom is -0.478 e. The minimum atomic E-state index is -0.939. The first-order chi connectivity index (χ1) is 13.0. The fourth-order valence-electron chi connectivity index (χ4n) is 2.79. The molecule has 3 aromatic rings. The second-order valence-electron chi connectivity index (χ2n) is 6.02. The first kappa shape index (κ1) is 18.8. The van der Waals surface area contributed by atoms with Crippen molar-refractivity contribution in [2.75, 3.05) is 5.32 Å². The van der Waals surface area contributed by atoms with E-state index in [0.717, 1.165) is 38.9 Å². The van der Waals surface area contributed by atoms with Crippen LogP contribution < -0.4 is 5.32 Å². The van der Waals surface area contributed by atoms with Crippen LogP contribution in [0.25, 0.3) is 16.8 Å². The van der Waals surface area contributed by atoms with Gasteiger partial charge in [0.1, 0.15) is 5.82 Å². The van der Waals surface area contributed by atoms with Crippen LogP contribution >= 0.6 is 11.3 Å². The van der Waals surface area contributed by atoms with Crippen LogP contribution in [-0.2, 0) is 6.42 Å². The number of carboxylic acid groups (broad SMARTS) is 1. The summed E-state index contributed by atoms with van der Waals surface area (Å²) in [5.74, 6) is 0.504. The van der Waals surface area contributed by atoms with Gasteiger partial charge in [-0.3, -0.25) is 0 Å². The van der Waals surface area contributed by atoms with Crippen molar-refractivity contribution in [3.63, 3.8) is 0 Å². The maximum absolute atomic E-state index is 11.0. The van der Waals surface area contributed by atoms with Gasteiger partial charge in [-0.1, -0.05) is 13.0 Å². The Kier molecular flexibility index (Phi) is 5.66. The lowest BCUT2D eigenvalue weighted by Crippen LogP contribution is -2.05. The number of nitrogens with zero attached hydrogens (tertiary/aromatic N) is 2. The number of carbonyl (C=O) groups is 1. The van der Waals surface area contributed by atoms with Crippen LogP contribution in [0.1, 0.15) is 40.3 Å². The zero-order valence-electron chi connectivity index (χ0n) is 15.5. The van der Waals surface area contributed by atoms with Crippen molar-refractivity contribution < 1.29 is 9.90 Å². The molecule has 0 aliphatic heterocycles. The monoisotopic (exact) mass is 379 g/mol. The predicted molar refractivity (Wildman–Crippen MR) is 111 cm³/mol. The maximum atomic E-state index is 11.0. The summed E-state index contributed by atoms with van der Waals surface area (Å²) in [6.45, 7) is 6.05. The van der Waals surface area contributed by atoms with Gasteiger partial charge in [-0.05, 0) is 62.7 Å². The molecule has 0 bridgehead atoms. The molecule has 0 atom stereocenters. The Hall–Kier alpha value is -2.99. The van der Waals surface area contributed by atoms with E-state index in [-0.39, 0.29) is 5.56 Å². The smallest absolute Gasteiger partial charge is 0.335 e. The van der Waals surface area contributed by atoms with Crippen molar-refractivity contribution in [1.29, 1.82) is 0 Å². The van der Waals surface area contributed by atoms with Crippen LogP contribution in [0.3, 0.4) is 0 Å². The normalized spacial score (nSPS) is 11.1. The van der Waals surface area contributed by atoms with E-state index in [2.05, 4.69) is 29.4 Å². The van der Waals surface area contributed by atoms with E-state index in [1.807, 2.05) is 26.0 Å². The number of aromatic carboxylic acids is 1. The summed E-state index contributed by atoms with van der Waals surface area (Å²) in [5.41, 5.74) is 3.03. The van der Waals surface area contributed by atoms with Gasteiger partial charge in [0.05, 0.1) is 10.4 Å². The third-order valence-corrected chi connectivity index (χ3v) is 5.19. The van der Waals surface area contributed by atoms with Crippen molar-refractivity contribution in [3.8, 4) is 10.7 Å². The van der Waals surface area contributed by atoms with Gasteiger partial charge in [0.15, 0.2) is 5.82 Å². The van der Waals surface area contributed by atoms with Crippen molar-refractivity contribution in [2.45, 2.75) is 27.2 Å². The van der Waals surface area contributed by atoms with E-state index < -0.39 is 5.97 Å². The molecular formula is C21H21N3O2S. The van der Waals surface area contributed by atoms with Gasteiger partial charge in [-0.25, -0.2) is 14.8 Å². The fraction of sp³-hybridized carbons (Fsp3) is 0.190. The van der Waals surface area contributed by atoms with Gasteiger partial charge in [0.2, 0.25) is 0 Å². The Labute approximate surface area is 162 Å². The van der Waals surface area contributed by atoms with E-state index >= 15 is 0 Å². The molecular weight excluding hydrogens is 358 g/mol. The van der Waals surface area contributed by atoms with Gasteiger partial charge < -0.3 is 10.4 Å². The molecule has 2 heterocycles. The standard InChI is InChI=1S/C21H21N3O2S/c1-4-6-16-11-12-18(27-16)20-22-13(3)17(5-2)19(24-20)23-15-9-7-14(8-10-15)21(25)26/h4,6-12H,5H2,1-3H3,(H,25,26)(H,22,23,24). The number of nitrogens with one attached hydrogen (secondary N) is 1. The van der Waals surface area contributed by atoms with E-state index in [4.69, 9.17) is 10.1 Å². The van der Waals surface area contributed by atoms with Gasteiger partial charge in [-0.2, -0.15) is 0 Å². The van der Waals surface area contributed by atoms with E-state index in [1.54, 1.807) is 35.6 Å². The Balaban J connectivity index is 1.97. The Morgan fingerprint density at radius 2 is 1.93 bits per heavy atom. The summed E-state index contributed by atoms with van der Waals surface area (Å²) in [5, 5.41) is 12.4. The molecule has 0 radical (unpaired) electrons. The Bertz CT molecular complexity index is 991. The molecule has 2 N–H and O–H groups in total. The molecule has 0 unspecified atom stereocenters. The molecule has 27 heavy (non-hydrogen) atoms. The van der Waals surface area contributed by atoms with Crippen LogP contribution in [0.15, 0.2) is 42.5 Å². The molecule has 0 aliphatic rings. The molecule has 1 aromatic carbocycles. The number of allylic oxidation sites excluding steroid dienone is 1. The van der Waals surface area contributed by atoms with Crippen LogP contribution in [0.5, 0.6) is 0 Å². The summed E-state index contributed by atoms with van der Waals surface area (Å²) in [4.78, 5) is 22.6. The van der Waals surface area contributed by atoms with Crippen LogP contribution in [0.2, 0.25) is 0 Å². The molecule has 0 spiro atoms. The number of rotatable bonds is 6. The average molecular weight is 379 g/mol. The summed E-state index contributed by atoms with van der Waals surface area (Å²) in [7, 11) is 0. The number of hydrogen-bond acceptors (Lipinski definition) is 5. The zero-order chi connectivity index (χ0) is 19.4. The molecule has 138 valence electrons. The molecule has 0 aliphatic carbocycles. The fourth-order valence-corrected chi connectivity index (χ4v) is 3.71. The van der Waals surface area contributed by atoms with Crippen molar-refractivity contribution in [1.82, 2.24) is 9.97 Å². The number of benzene rings is 1. The number of thiophene rings is 1. The molecule has 0 saturated heterocycles. The maximum Gasteiger partial charge on any atom is 0.335 e. The van der Waals surface area contributed by atoms with Gasteiger partial charge in [0.25, 0.3) is 0 Å². The summed E-state index contributed by atoms with van der Waals surface area (Å²) >= 11 is 1.65. The number of aromatic nitrogens is 2. The number of hydrogen-bond donors (Lipinski definition) is 2. The minimum absolute atomic E-state index is 0.255. The summed E-state index contributed by atoms with van der Waals surface area (Å²) < 4.78 is 0. The molecule has 5 nitrogen and oxygen atoms in total. The van der Waals surface area contributed by atoms with Crippen molar-refractivity contribution in [3.05, 3.63) is 64.2 Å². The first-order valence-corrected chi connectivity index (χ1v) is 9.54. The highest BCUT2D eigenvalue weighted by Gasteiger charge is 2.13. The third-order valence-electron chi connectivity index (χ3n) is 4.14. The quantitative estimate of drug-likeness (QED) is 0.587. The molecule has 3 rings (SSSR count). The molecule has 0 saturated carbocycles. The number of carboxylic acids is 1. The third kappa shape index (κ3) is 4.23. The Morgan fingerprint density at radius 3 is 2.56 bits per heavy atom. The Morgan fingerprint density at radius 1 is 1.19 bits per heavy atom. The van der Waals surface area contributed by atoms with E-state index in [0.29, 0.717) is 5.82 Å². The highest BCUT2D eigenvalue weighted by molar-refractivity contribution is 7.16. The highest BCUT2D eigenvalue weighted by atomic mass is 32.1.